The third-order valence-corrected chi connectivity index (χ3v) is 6.43. The first-order valence-electron chi connectivity index (χ1n) is 12.3. The maximum Gasteiger partial charge on any atom is 0.302 e. The second-order valence-corrected chi connectivity index (χ2v) is 9.36. The van der Waals surface area contributed by atoms with E-state index in [9.17, 15) is 14.7 Å². The average molecular weight is 529 g/mol. The standard InChI is InChI=1S/C29H28N4O6/c1-15(2)39-21-10-9-17(12-16(21)3)26(34)24-25(18-8-6-7-11-30-18)33(28(36)27(24)35)29-31-19-13-22(37-4)23(38-5)14-20(19)32-29/h6-15,25,34H,1-5H3,(H,31,32)/b26-24+. The number of ketones is 1. The first-order chi connectivity index (χ1) is 18.7. The van der Waals surface area contributed by atoms with E-state index in [0.29, 0.717) is 39.5 Å². The highest BCUT2D eigenvalue weighted by Crippen LogP contribution is 2.42. The molecular formula is C29H28N4O6. The van der Waals surface area contributed by atoms with Gasteiger partial charge in [0.05, 0.1) is 42.6 Å². The second kappa shape index (κ2) is 10.1. The van der Waals surface area contributed by atoms with Gasteiger partial charge < -0.3 is 24.3 Å². The van der Waals surface area contributed by atoms with Crippen molar-refractivity contribution in [1.82, 2.24) is 15.0 Å². The van der Waals surface area contributed by atoms with E-state index in [1.54, 1.807) is 54.7 Å². The maximum absolute atomic E-state index is 13.5. The molecule has 2 aromatic carbocycles. The number of ether oxygens (including phenoxy) is 3. The summed E-state index contributed by atoms with van der Waals surface area (Å²) < 4.78 is 16.6. The van der Waals surface area contributed by atoms with Crippen LogP contribution >= 0.6 is 0 Å². The van der Waals surface area contributed by atoms with Crippen LogP contribution in [-0.2, 0) is 9.59 Å². The lowest BCUT2D eigenvalue weighted by Crippen LogP contribution is -2.30. The van der Waals surface area contributed by atoms with Gasteiger partial charge in [-0.15, -0.1) is 0 Å². The van der Waals surface area contributed by atoms with Gasteiger partial charge >= 0.3 is 5.91 Å². The van der Waals surface area contributed by atoms with Crippen molar-refractivity contribution in [3.63, 3.8) is 0 Å². The van der Waals surface area contributed by atoms with E-state index in [4.69, 9.17) is 14.2 Å². The molecule has 2 aromatic heterocycles. The lowest BCUT2D eigenvalue weighted by Gasteiger charge is -2.22. The van der Waals surface area contributed by atoms with E-state index in [1.807, 2.05) is 20.8 Å². The summed E-state index contributed by atoms with van der Waals surface area (Å²) >= 11 is 0. The number of nitrogens with zero attached hydrogens (tertiary/aromatic N) is 3. The highest BCUT2D eigenvalue weighted by atomic mass is 16.5. The molecular weight excluding hydrogens is 500 g/mol. The number of aromatic nitrogens is 3. The SMILES string of the molecule is COc1cc2nc(N3C(=O)C(=O)/C(=C(/O)c4ccc(OC(C)C)c(C)c4)C3c3ccccn3)[nH]c2cc1OC. The summed E-state index contributed by atoms with van der Waals surface area (Å²) in [6.07, 6.45) is 1.54. The molecule has 1 aliphatic rings. The zero-order valence-corrected chi connectivity index (χ0v) is 22.2. The summed E-state index contributed by atoms with van der Waals surface area (Å²) in [4.78, 5) is 40.2. The van der Waals surface area contributed by atoms with Crippen LogP contribution in [0.4, 0.5) is 5.95 Å². The van der Waals surface area contributed by atoms with Gasteiger partial charge in [0.25, 0.3) is 5.78 Å². The molecule has 4 aromatic rings. The molecule has 1 unspecified atom stereocenters. The van der Waals surface area contributed by atoms with Crippen molar-refractivity contribution in [2.45, 2.75) is 32.9 Å². The average Bonchev–Trinajstić information content (AvgIpc) is 3.46. The van der Waals surface area contributed by atoms with Crippen LogP contribution in [0.3, 0.4) is 0 Å². The number of amides is 1. The highest BCUT2D eigenvalue weighted by Gasteiger charge is 2.49. The summed E-state index contributed by atoms with van der Waals surface area (Å²) in [6.45, 7) is 5.69. The van der Waals surface area contributed by atoms with Crippen molar-refractivity contribution in [3.8, 4) is 17.2 Å². The normalized spacial score (nSPS) is 16.8. The topological polar surface area (TPSA) is 127 Å². The number of nitrogens with one attached hydrogen (secondary N) is 1. The number of rotatable bonds is 7. The minimum atomic E-state index is -1.03. The van der Waals surface area contributed by atoms with E-state index >= 15 is 0 Å². The van der Waals surface area contributed by atoms with Gasteiger partial charge in [0, 0.05) is 23.9 Å². The van der Waals surface area contributed by atoms with Crippen molar-refractivity contribution in [3.05, 3.63) is 77.1 Å². The molecule has 5 rings (SSSR count). The number of pyridine rings is 1. The minimum Gasteiger partial charge on any atom is -0.507 e. The zero-order chi connectivity index (χ0) is 27.8. The van der Waals surface area contributed by atoms with E-state index in [1.165, 1.54) is 19.1 Å². The molecule has 39 heavy (non-hydrogen) atoms. The number of hydrogen-bond acceptors (Lipinski definition) is 8. The number of anilines is 1. The van der Waals surface area contributed by atoms with Crippen LogP contribution in [0.5, 0.6) is 17.2 Å². The maximum atomic E-state index is 13.5. The van der Waals surface area contributed by atoms with Crippen molar-refractivity contribution in [2.75, 3.05) is 19.1 Å². The number of aromatic amines is 1. The number of carbonyl (C=O) groups excluding carboxylic acids is 2. The minimum absolute atomic E-state index is 0.0265. The third kappa shape index (κ3) is 4.54. The Balaban J connectivity index is 1.67. The van der Waals surface area contributed by atoms with Crippen LogP contribution in [0.1, 0.15) is 36.7 Å². The Hall–Kier alpha value is -4.86. The summed E-state index contributed by atoms with van der Waals surface area (Å²) in [5, 5.41) is 11.4. The molecule has 2 N–H and O–H groups in total. The number of aryl methyl sites for hydroxylation is 1. The molecule has 1 fully saturated rings. The van der Waals surface area contributed by atoms with Gasteiger partial charge in [-0.25, -0.2) is 4.98 Å². The Morgan fingerprint density at radius 3 is 2.41 bits per heavy atom. The fourth-order valence-electron chi connectivity index (χ4n) is 4.64. The van der Waals surface area contributed by atoms with Gasteiger partial charge in [-0.05, 0) is 56.7 Å². The van der Waals surface area contributed by atoms with Crippen molar-refractivity contribution < 1.29 is 28.9 Å². The first-order valence-corrected chi connectivity index (χ1v) is 12.3. The smallest absolute Gasteiger partial charge is 0.302 e. The quantitative estimate of drug-likeness (QED) is 0.201. The third-order valence-electron chi connectivity index (χ3n) is 6.43. The summed E-state index contributed by atoms with van der Waals surface area (Å²) in [6, 6.07) is 12.6. The number of hydrogen-bond donors (Lipinski definition) is 2. The first kappa shape index (κ1) is 25.8. The highest BCUT2D eigenvalue weighted by molar-refractivity contribution is 6.51. The van der Waals surface area contributed by atoms with Crippen molar-refractivity contribution >= 4 is 34.4 Å². The van der Waals surface area contributed by atoms with Gasteiger partial charge in [-0.3, -0.25) is 19.5 Å². The van der Waals surface area contributed by atoms with Gasteiger partial charge in [-0.1, -0.05) is 6.07 Å². The molecule has 1 atom stereocenters. The lowest BCUT2D eigenvalue weighted by molar-refractivity contribution is -0.132. The number of imidazole rings is 1. The van der Waals surface area contributed by atoms with Crippen molar-refractivity contribution in [2.24, 2.45) is 0 Å². The van der Waals surface area contributed by atoms with Crippen LogP contribution < -0.4 is 19.1 Å². The van der Waals surface area contributed by atoms with Crippen LogP contribution in [0.15, 0.2) is 60.3 Å². The number of Topliss-reactive ketones (excluding diaryl/α,β-unsaturated/α-hetero) is 1. The lowest BCUT2D eigenvalue weighted by atomic mass is 9.97. The number of H-pyrrole nitrogens is 1. The van der Waals surface area contributed by atoms with Gasteiger partial charge in [0.1, 0.15) is 17.6 Å². The number of aliphatic hydroxyl groups is 1. The molecule has 0 radical (unpaired) electrons. The molecule has 200 valence electrons. The summed E-state index contributed by atoms with van der Waals surface area (Å²) in [7, 11) is 3.03. The summed E-state index contributed by atoms with van der Waals surface area (Å²) in [5.41, 5.74) is 2.52. The van der Waals surface area contributed by atoms with Gasteiger partial charge in [0.15, 0.2) is 11.5 Å². The molecule has 0 aliphatic carbocycles. The van der Waals surface area contributed by atoms with E-state index in [2.05, 4.69) is 15.0 Å². The van der Waals surface area contributed by atoms with E-state index < -0.39 is 17.7 Å². The Morgan fingerprint density at radius 1 is 1.03 bits per heavy atom. The Bertz CT molecular complexity index is 1570. The number of fused-ring (bicyclic) bond motifs is 1. The van der Waals surface area contributed by atoms with Gasteiger partial charge in [-0.2, -0.15) is 0 Å². The van der Waals surface area contributed by atoms with Crippen LogP contribution in [-0.4, -0.2) is 52.1 Å². The Morgan fingerprint density at radius 2 is 1.77 bits per heavy atom. The molecule has 0 bridgehead atoms. The number of methoxy groups -OCH3 is 2. The Kier molecular flexibility index (Phi) is 6.69. The van der Waals surface area contributed by atoms with Crippen LogP contribution in [0.25, 0.3) is 16.8 Å². The molecule has 10 nitrogen and oxygen atoms in total. The second-order valence-electron chi connectivity index (χ2n) is 9.36. The Labute approximate surface area is 224 Å². The molecule has 0 spiro atoms. The largest absolute Gasteiger partial charge is 0.507 e. The molecule has 0 saturated carbocycles. The predicted octanol–water partition coefficient (Wildman–Crippen LogP) is 4.70. The van der Waals surface area contributed by atoms with Crippen molar-refractivity contribution in [1.29, 1.82) is 0 Å². The van der Waals surface area contributed by atoms with E-state index in [-0.39, 0.29) is 23.4 Å². The predicted molar refractivity (Wildman–Crippen MR) is 145 cm³/mol. The number of carbonyl (C=O) groups is 2. The number of benzene rings is 2. The van der Waals surface area contributed by atoms with Gasteiger partial charge in [0.2, 0.25) is 5.95 Å². The number of aliphatic hydroxyl groups excluding tert-OH is 1. The molecule has 1 saturated heterocycles. The zero-order valence-electron chi connectivity index (χ0n) is 22.2. The fraction of sp³-hybridized carbons (Fsp3) is 0.241. The molecule has 3 heterocycles. The fourth-order valence-corrected chi connectivity index (χ4v) is 4.64. The molecule has 10 heteroatoms. The summed E-state index contributed by atoms with van der Waals surface area (Å²) in [5.74, 6) is -0.286. The monoisotopic (exact) mass is 528 g/mol. The van der Waals surface area contributed by atoms with Crippen LogP contribution in [0, 0.1) is 6.92 Å². The van der Waals surface area contributed by atoms with E-state index in [0.717, 1.165) is 5.56 Å². The van der Waals surface area contributed by atoms with Crippen LogP contribution in [0.2, 0.25) is 0 Å². The molecule has 1 amide bonds. The molecule has 1 aliphatic heterocycles.